The van der Waals surface area contributed by atoms with E-state index in [-0.39, 0.29) is 13.0 Å². The number of aliphatic carboxylic acids is 1. The number of rotatable bonds is 4. The summed E-state index contributed by atoms with van der Waals surface area (Å²) in [5.74, 6) is -1.64. The summed E-state index contributed by atoms with van der Waals surface area (Å²) in [7, 11) is -3.70. The van der Waals surface area contributed by atoms with Gasteiger partial charge in [0.2, 0.25) is 0 Å². The van der Waals surface area contributed by atoms with Gasteiger partial charge in [0.15, 0.2) is 0 Å². The molecule has 2 atom stereocenters. The third-order valence-electron chi connectivity index (χ3n) is 3.14. The van der Waals surface area contributed by atoms with E-state index in [4.69, 9.17) is 4.18 Å². The van der Waals surface area contributed by atoms with Gasteiger partial charge in [-0.3, -0.25) is 8.98 Å². The predicted molar refractivity (Wildman–Crippen MR) is 73.2 cm³/mol. The number of nitrogens with zero attached hydrogens (tertiary/aromatic N) is 1. The minimum absolute atomic E-state index is 0.0546. The van der Waals surface area contributed by atoms with Gasteiger partial charge in [-0.25, -0.2) is 4.79 Å². The van der Waals surface area contributed by atoms with Crippen molar-refractivity contribution in [2.45, 2.75) is 18.6 Å². The number of hydrogen-bond donors (Lipinski definition) is 1. The lowest BCUT2D eigenvalue weighted by Gasteiger charge is -2.21. The van der Waals surface area contributed by atoms with Crippen LogP contribution in [-0.2, 0) is 19.1 Å². The highest BCUT2D eigenvalue weighted by atomic mass is 32.2. The lowest BCUT2D eigenvalue weighted by Crippen LogP contribution is -2.40. The van der Waals surface area contributed by atoms with Crippen molar-refractivity contribution < 1.29 is 27.3 Å². The van der Waals surface area contributed by atoms with E-state index >= 15 is 0 Å². The van der Waals surface area contributed by atoms with Crippen LogP contribution in [0.15, 0.2) is 30.3 Å². The van der Waals surface area contributed by atoms with Crippen LogP contribution < -0.4 is 0 Å². The molecule has 0 aromatic heterocycles. The Morgan fingerprint density at radius 1 is 1.29 bits per heavy atom. The van der Waals surface area contributed by atoms with Gasteiger partial charge in [0, 0.05) is 18.5 Å². The van der Waals surface area contributed by atoms with Crippen LogP contribution in [0.1, 0.15) is 16.8 Å². The van der Waals surface area contributed by atoms with Gasteiger partial charge in [0.1, 0.15) is 6.04 Å². The molecule has 114 valence electrons. The molecule has 1 aliphatic heterocycles. The van der Waals surface area contributed by atoms with Crippen LogP contribution >= 0.6 is 0 Å². The van der Waals surface area contributed by atoms with Gasteiger partial charge in [-0.1, -0.05) is 18.2 Å². The number of carboxylic acids is 1. The van der Waals surface area contributed by atoms with Crippen molar-refractivity contribution in [3.63, 3.8) is 0 Å². The van der Waals surface area contributed by atoms with E-state index in [9.17, 15) is 23.1 Å². The highest BCUT2D eigenvalue weighted by Crippen LogP contribution is 2.24. The van der Waals surface area contributed by atoms with E-state index in [1.165, 1.54) is 0 Å². The zero-order valence-electron chi connectivity index (χ0n) is 11.3. The average Bonchev–Trinajstić information content (AvgIpc) is 2.80. The monoisotopic (exact) mass is 313 g/mol. The topological polar surface area (TPSA) is 101 Å². The SMILES string of the molecule is CS(=O)(=O)OC1C[C@@H](C(=O)O)N(C(=O)c2ccccc2)C1. The fraction of sp³-hybridized carbons (Fsp3) is 0.385. The molecule has 1 heterocycles. The third kappa shape index (κ3) is 3.79. The van der Waals surface area contributed by atoms with Crippen molar-refractivity contribution in [2.24, 2.45) is 0 Å². The van der Waals surface area contributed by atoms with E-state index < -0.39 is 34.1 Å². The summed E-state index contributed by atoms with van der Waals surface area (Å²) in [6.45, 7) is -0.0717. The van der Waals surface area contributed by atoms with Crippen LogP contribution in [-0.4, -0.2) is 55.2 Å². The maximum atomic E-state index is 12.3. The average molecular weight is 313 g/mol. The first-order valence-corrected chi connectivity index (χ1v) is 8.06. The smallest absolute Gasteiger partial charge is 0.326 e. The molecule has 2 rings (SSSR count). The summed E-state index contributed by atoms with van der Waals surface area (Å²) < 4.78 is 27.1. The Bertz CT molecular complexity index is 642. The number of amides is 1. The highest BCUT2D eigenvalue weighted by Gasteiger charge is 2.41. The number of hydrogen-bond acceptors (Lipinski definition) is 5. The molecule has 1 amide bonds. The first kappa shape index (κ1) is 15.5. The normalized spacial score (nSPS) is 22.2. The van der Waals surface area contributed by atoms with Crippen molar-refractivity contribution in [1.29, 1.82) is 0 Å². The summed E-state index contributed by atoms with van der Waals surface area (Å²) in [6.07, 6.45) is -0.000391. The Balaban J connectivity index is 2.20. The van der Waals surface area contributed by atoms with Crippen molar-refractivity contribution in [2.75, 3.05) is 12.8 Å². The predicted octanol–water partition coefficient (Wildman–Crippen LogP) is 0.331. The second kappa shape index (κ2) is 5.82. The van der Waals surface area contributed by atoms with Crippen molar-refractivity contribution >= 4 is 22.0 Å². The fourth-order valence-electron chi connectivity index (χ4n) is 2.32. The lowest BCUT2D eigenvalue weighted by molar-refractivity contribution is -0.141. The van der Waals surface area contributed by atoms with E-state index in [2.05, 4.69) is 0 Å². The van der Waals surface area contributed by atoms with Gasteiger partial charge in [-0.2, -0.15) is 8.42 Å². The molecule has 0 bridgehead atoms. The molecule has 1 aliphatic rings. The molecule has 1 saturated heterocycles. The Morgan fingerprint density at radius 3 is 2.43 bits per heavy atom. The summed E-state index contributed by atoms with van der Waals surface area (Å²) in [6, 6.07) is 7.14. The van der Waals surface area contributed by atoms with Crippen molar-refractivity contribution in [3.8, 4) is 0 Å². The molecule has 0 aliphatic carbocycles. The van der Waals surface area contributed by atoms with Crippen LogP contribution in [0, 0.1) is 0 Å². The third-order valence-corrected chi connectivity index (χ3v) is 3.76. The van der Waals surface area contributed by atoms with E-state index in [0.29, 0.717) is 5.56 Å². The standard InChI is InChI=1S/C13H15NO6S/c1-21(18,19)20-10-7-11(13(16)17)14(8-10)12(15)9-5-3-2-4-6-9/h2-6,10-11H,7-8H2,1H3,(H,16,17)/t10?,11-/m0/s1. The lowest BCUT2D eigenvalue weighted by atomic mass is 10.1. The molecular weight excluding hydrogens is 298 g/mol. The number of benzene rings is 1. The van der Waals surface area contributed by atoms with Crippen LogP contribution in [0.3, 0.4) is 0 Å². The van der Waals surface area contributed by atoms with Crippen LogP contribution in [0.2, 0.25) is 0 Å². The molecule has 0 saturated carbocycles. The van der Waals surface area contributed by atoms with Gasteiger partial charge in [-0.05, 0) is 12.1 Å². The summed E-state index contributed by atoms with van der Waals surface area (Å²) >= 11 is 0. The fourth-order valence-corrected chi connectivity index (χ4v) is 2.95. The van der Waals surface area contributed by atoms with Gasteiger partial charge < -0.3 is 10.0 Å². The molecule has 1 fully saturated rings. The van der Waals surface area contributed by atoms with Gasteiger partial charge in [-0.15, -0.1) is 0 Å². The summed E-state index contributed by atoms with van der Waals surface area (Å²) in [5, 5.41) is 9.20. The zero-order valence-corrected chi connectivity index (χ0v) is 12.1. The first-order valence-electron chi connectivity index (χ1n) is 6.25. The molecule has 0 radical (unpaired) electrons. The maximum Gasteiger partial charge on any atom is 0.326 e. The van der Waals surface area contributed by atoms with Gasteiger partial charge in [0.05, 0.1) is 12.4 Å². The van der Waals surface area contributed by atoms with Gasteiger partial charge >= 0.3 is 5.97 Å². The molecule has 1 N–H and O–H groups in total. The minimum Gasteiger partial charge on any atom is -0.480 e. The Labute approximate surface area is 122 Å². The van der Waals surface area contributed by atoms with E-state index in [0.717, 1.165) is 11.2 Å². The first-order chi connectivity index (χ1) is 9.78. The van der Waals surface area contributed by atoms with E-state index in [1.54, 1.807) is 30.3 Å². The molecule has 1 aromatic carbocycles. The number of carbonyl (C=O) groups is 2. The largest absolute Gasteiger partial charge is 0.480 e. The van der Waals surface area contributed by atoms with Crippen molar-refractivity contribution in [3.05, 3.63) is 35.9 Å². The quantitative estimate of drug-likeness (QED) is 0.804. The van der Waals surface area contributed by atoms with Gasteiger partial charge in [0.25, 0.3) is 16.0 Å². The van der Waals surface area contributed by atoms with Crippen LogP contribution in [0.5, 0.6) is 0 Å². The molecule has 7 nitrogen and oxygen atoms in total. The molecule has 1 aromatic rings. The summed E-state index contributed by atoms with van der Waals surface area (Å²) in [4.78, 5) is 24.7. The Kier molecular flexibility index (Phi) is 4.29. The highest BCUT2D eigenvalue weighted by molar-refractivity contribution is 7.86. The van der Waals surface area contributed by atoms with Crippen molar-refractivity contribution in [1.82, 2.24) is 4.90 Å². The molecule has 8 heteroatoms. The molecule has 0 spiro atoms. The maximum absolute atomic E-state index is 12.3. The minimum atomic E-state index is -3.70. The summed E-state index contributed by atoms with van der Waals surface area (Å²) in [5.41, 5.74) is 0.351. The Morgan fingerprint density at radius 2 is 1.90 bits per heavy atom. The zero-order chi connectivity index (χ0) is 15.6. The Hall–Kier alpha value is -1.93. The molecule has 21 heavy (non-hydrogen) atoms. The second-order valence-electron chi connectivity index (χ2n) is 4.84. The van der Waals surface area contributed by atoms with Crippen LogP contribution in [0.25, 0.3) is 0 Å². The molecule has 1 unspecified atom stereocenters. The van der Waals surface area contributed by atoms with E-state index in [1.807, 2.05) is 0 Å². The second-order valence-corrected chi connectivity index (χ2v) is 6.44. The van der Waals surface area contributed by atoms with Crippen LogP contribution in [0.4, 0.5) is 0 Å². The number of carbonyl (C=O) groups excluding carboxylic acids is 1. The number of carboxylic acid groups (broad SMARTS) is 1. The molecular formula is C13H15NO6S. The number of likely N-dealkylation sites (tertiary alicyclic amines) is 1.